The summed E-state index contributed by atoms with van der Waals surface area (Å²) in [6.07, 6.45) is 4.96. The number of ether oxygens (including phenoxy) is 1. The standard InChI is InChI=1S/C26H29N9O3/c1-18-6-5-7-20(14-18)17-37-21-10-8-19(9-11-21)15-28-30-26(36)23-22(16-34-12-3-2-4-13-34)29-33-35(23)25-24(27)31-38-32-25/h5-11,14-15H,2-4,12-13,16-17H2,1H3,(H2,27,31)(H,30,36). The van der Waals surface area contributed by atoms with Crippen molar-refractivity contribution in [3.8, 4) is 11.6 Å². The fraction of sp³-hybridized carbons (Fsp3) is 0.308. The Balaban J connectivity index is 1.25. The highest BCUT2D eigenvalue weighted by atomic mass is 16.6. The van der Waals surface area contributed by atoms with Crippen molar-refractivity contribution in [2.75, 3.05) is 18.8 Å². The molecule has 0 radical (unpaired) electrons. The van der Waals surface area contributed by atoms with Crippen LogP contribution in [0.5, 0.6) is 5.75 Å². The Bertz CT molecular complexity index is 1410. The minimum absolute atomic E-state index is 0.00156. The molecule has 12 nitrogen and oxygen atoms in total. The molecule has 1 amide bonds. The van der Waals surface area contributed by atoms with Crippen LogP contribution in [0.2, 0.25) is 0 Å². The summed E-state index contributed by atoms with van der Waals surface area (Å²) in [5, 5.41) is 19.8. The van der Waals surface area contributed by atoms with Crippen molar-refractivity contribution in [1.29, 1.82) is 0 Å². The second kappa shape index (κ2) is 11.6. The minimum Gasteiger partial charge on any atom is -0.489 e. The van der Waals surface area contributed by atoms with E-state index < -0.39 is 5.91 Å². The first-order chi connectivity index (χ1) is 18.6. The molecule has 12 heteroatoms. The molecule has 1 saturated heterocycles. The van der Waals surface area contributed by atoms with Crippen LogP contribution in [-0.4, -0.2) is 55.4 Å². The molecule has 4 aromatic rings. The van der Waals surface area contributed by atoms with Crippen molar-refractivity contribution in [1.82, 2.24) is 35.6 Å². The molecule has 1 fully saturated rings. The van der Waals surface area contributed by atoms with Gasteiger partial charge in [0.1, 0.15) is 18.1 Å². The molecular weight excluding hydrogens is 486 g/mol. The van der Waals surface area contributed by atoms with Crippen LogP contribution in [0, 0.1) is 6.92 Å². The van der Waals surface area contributed by atoms with E-state index in [9.17, 15) is 4.79 Å². The topological polar surface area (TPSA) is 150 Å². The molecule has 0 atom stereocenters. The maximum atomic E-state index is 13.2. The number of likely N-dealkylation sites (tertiary alicyclic amines) is 1. The summed E-state index contributed by atoms with van der Waals surface area (Å²) < 4.78 is 11.8. The monoisotopic (exact) mass is 515 g/mol. The number of rotatable bonds is 9. The summed E-state index contributed by atoms with van der Waals surface area (Å²) in [7, 11) is 0. The number of nitrogens with zero attached hydrogens (tertiary/aromatic N) is 7. The fourth-order valence-electron chi connectivity index (χ4n) is 4.30. The normalized spacial score (nSPS) is 14.1. The molecule has 1 aliphatic heterocycles. The van der Waals surface area contributed by atoms with Gasteiger partial charge in [-0.1, -0.05) is 41.5 Å². The van der Waals surface area contributed by atoms with Crippen molar-refractivity contribution >= 4 is 17.9 Å². The third-order valence-corrected chi connectivity index (χ3v) is 6.22. The molecular formula is C26H29N9O3. The van der Waals surface area contributed by atoms with Gasteiger partial charge in [0.15, 0.2) is 5.69 Å². The first kappa shape index (κ1) is 25.1. The number of aromatic nitrogens is 5. The number of hydrazone groups is 1. The van der Waals surface area contributed by atoms with Gasteiger partial charge in [0.25, 0.3) is 5.91 Å². The first-order valence-electron chi connectivity index (χ1n) is 12.4. The molecule has 3 N–H and O–H groups in total. The quantitative estimate of drug-likeness (QED) is 0.253. The lowest BCUT2D eigenvalue weighted by molar-refractivity contribution is 0.0944. The minimum atomic E-state index is -0.501. The lowest BCUT2D eigenvalue weighted by Gasteiger charge is -2.25. The van der Waals surface area contributed by atoms with Gasteiger partial charge in [-0.2, -0.15) is 9.78 Å². The maximum absolute atomic E-state index is 13.2. The highest BCUT2D eigenvalue weighted by molar-refractivity contribution is 5.95. The molecule has 3 heterocycles. The number of piperidine rings is 1. The number of hydrogen-bond donors (Lipinski definition) is 2. The number of anilines is 1. The smallest absolute Gasteiger partial charge is 0.292 e. The molecule has 1 aliphatic rings. The van der Waals surface area contributed by atoms with E-state index in [-0.39, 0.29) is 17.3 Å². The number of aryl methyl sites for hydroxylation is 1. The van der Waals surface area contributed by atoms with E-state index in [0.717, 1.165) is 42.8 Å². The molecule has 2 aromatic carbocycles. The van der Waals surface area contributed by atoms with Crippen LogP contribution in [0.15, 0.2) is 58.3 Å². The number of nitrogens with one attached hydrogen (secondary N) is 1. The molecule has 38 heavy (non-hydrogen) atoms. The Morgan fingerprint density at radius 2 is 1.97 bits per heavy atom. The predicted octanol–water partition coefficient (Wildman–Crippen LogP) is 2.87. The second-order valence-corrected chi connectivity index (χ2v) is 9.15. The zero-order chi connectivity index (χ0) is 26.3. The summed E-state index contributed by atoms with van der Waals surface area (Å²) in [6.45, 7) is 4.88. The zero-order valence-corrected chi connectivity index (χ0v) is 21.1. The Hall–Kier alpha value is -4.58. The number of benzene rings is 2. The van der Waals surface area contributed by atoms with Gasteiger partial charge in [-0.3, -0.25) is 9.69 Å². The largest absolute Gasteiger partial charge is 0.489 e. The van der Waals surface area contributed by atoms with Gasteiger partial charge in [-0.25, -0.2) is 10.1 Å². The number of amides is 1. The highest BCUT2D eigenvalue weighted by Crippen LogP contribution is 2.19. The lowest BCUT2D eigenvalue weighted by atomic mass is 10.1. The van der Waals surface area contributed by atoms with E-state index in [1.165, 1.54) is 16.7 Å². The maximum Gasteiger partial charge on any atom is 0.292 e. The number of carbonyl (C=O) groups is 1. The molecule has 0 aliphatic carbocycles. The molecule has 0 spiro atoms. The number of nitrogens with two attached hydrogens (primary N) is 1. The summed E-state index contributed by atoms with van der Waals surface area (Å²) >= 11 is 0. The van der Waals surface area contributed by atoms with Crippen LogP contribution >= 0.6 is 0 Å². The fourth-order valence-corrected chi connectivity index (χ4v) is 4.30. The number of nitrogen functional groups attached to an aromatic ring is 1. The molecule has 0 unspecified atom stereocenters. The Morgan fingerprint density at radius 1 is 1.16 bits per heavy atom. The summed E-state index contributed by atoms with van der Waals surface area (Å²) in [5.41, 5.74) is 12.2. The van der Waals surface area contributed by atoms with Gasteiger partial charge >= 0.3 is 0 Å². The van der Waals surface area contributed by atoms with Crippen molar-refractivity contribution < 1.29 is 14.2 Å². The molecule has 0 bridgehead atoms. The summed E-state index contributed by atoms with van der Waals surface area (Å²) in [5.74, 6) is 0.335. The third kappa shape index (κ3) is 6.03. The van der Waals surface area contributed by atoms with Gasteiger partial charge in [0, 0.05) is 6.54 Å². The molecule has 0 saturated carbocycles. The number of hydrogen-bond acceptors (Lipinski definition) is 10. The average Bonchev–Trinajstić information content (AvgIpc) is 3.54. The van der Waals surface area contributed by atoms with Crippen LogP contribution in [0.25, 0.3) is 5.82 Å². The molecule has 196 valence electrons. The second-order valence-electron chi connectivity index (χ2n) is 9.15. The van der Waals surface area contributed by atoms with Crippen molar-refractivity contribution in [2.45, 2.75) is 39.3 Å². The highest BCUT2D eigenvalue weighted by Gasteiger charge is 2.26. The SMILES string of the molecule is Cc1cccc(COc2ccc(C=NNC(=O)c3c(CN4CCCCC4)nnn3-c3nonc3N)cc2)c1. The van der Waals surface area contributed by atoms with Crippen molar-refractivity contribution in [3.05, 3.63) is 76.6 Å². The predicted molar refractivity (Wildman–Crippen MR) is 140 cm³/mol. The third-order valence-electron chi connectivity index (χ3n) is 6.22. The summed E-state index contributed by atoms with van der Waals surface area (Å²) in [6, 6.07) is 15.6. The van der Waals surface area contributed by atoms with Crippen LogP contribution < -0.4 is 15.9 Å². The molecule has 2 aromatic heterocycles. The van der Waals surface area contributed by atoms with Crippen LogP contribution in [0.3, 0.4) is 0 Å². The zero-order valence-electron chi connectivity index (χ0n) is 21.1. The first-order valence-corrected chi connectivity index (χ1v) is 12.4. The van der Waals surface area contributed by atoms with Gasteiger partial charge < -0.3 is 10.5 Å². The lowest BCUT2D eigenvalue weighted by Crippen LogP contribution is -2.31. The van der Waals surface area contributed by atoms with Gasteiger partial charge in [0.2, 0.25) is 11.6 Å². The van der Waals surface area contributed by atoms with Crippen molar-refractivity contribution in [2.24, 2.45) is 5.10 Å². The van der Waals surface area contributed by atoms with E-state index >= 15 is 0 Å². The van der Waals surface area contributed by atoms with Crippen LogP contribution in [0.4, 0.5) is 5.82 Å². The Morgan fingerprint density at radius 3 is 2.71 bits per heavy atom. The van der Waals surface area contributed by atoms with Crippen LogP contribution in [0.1, 0.15) is 52.1 Å². The summed E-state index contributed by atoms with van der Waals surface area (Å²) in [4.78, 5) is 15.4. The van der Waals surface area contributed by atoms with E-state index in [1.807, 2.05) is 36.4 Å². The van der Waals surface area contributed by atoms with E-state index in [2.05, 4.69) is 55.1 Å². The Labute approximate surface area is 219 Å². The number of carbonyl (C=O) groups excluding carboxylic acids is 1. The van der Waals surface area contributed by atoms with Crippen LogP contribution in [-0.2, 0) is 13.2 Å². The van der Waals surface area contributed by atoms with E-state index in [0.29, 0.717) is 18.8 Å². The van der Waals surface area contributed by atoms with Gasteiger partial charge in [-0.05, 0) is 78.6 Å². The van der Waals surface area contributed by atoms with E-state index in [1.54, 1.807) is 6.21 Å². The van der Waals surface area contributed by atoms with Crippen molar-refractivity contribution in [3.63, 3.8) is 0 Å². The molecule has 5 rings (SSSR count). The van der Waals surface area contributed by atoms with Gasteiger partial charge in [0.05, 0.1) is 6.21 Å². The van der Waals surface area contributed by atoms with Gasteiger partial charge in [-0.15, -0.1) is 5.10 Å². The van der Waals surface area contributed by atoms with E-state index in [4.69, 9.17) is 15.1 Å². The Kier molecular flexibility index (Phi) is 7.69. The average molecular weight is 516 g/mol.